The van der Waals surface area contributed by atoms with Crippen LogP contribution >= 0.6 is 11.6 Å². The summed E-state index contributed by atoms with van der Waals surface area (Å²) in [5.74, 6) is 2.26. The van der Waals surface area contributed by atoms with Gasteiger partial charge in [0.2, 0.25) is 0 Å². The predicted molar refractivity (Wildman–Crippen MR) is 90.3 cm³/mol. The predicted octanol–water partition coefficient (Wildman–Crippen LogP) is 2.61. The van der Waals surface area contributed by atoms with Crippen molar-refractivity contribution >= 4 is 23.4 Å². The summed E-state index contributed by atoms with van der Waals surface area (Å²) in [6, 6.07) is 4.02. The van der Waals surface area contributed by atoms with E-state index >= 15 is 0 Å². The minimum Gasteiger partial charge on any atom is -0.461 e. The normalized spacial score (nSPS) is 21.7. The lowest BCUT2D eigenvalue weighted by atomic mass is 10.2. The van der Waals surface area contributed by atoms with Crippen LogP contribution in [-0.2, 0) is 11.3 Å². The first kappa shape index (κ1) is 15.4. The van der Waals surface area contributed by atoms with Crippen LogP contribution < -0.4 is 4.90 Å². The van der Waals surface area contributed by atoms with Gasteiger partial charge in [-0.3, -0.25) is 0 Å². The molecule has 0 N–H and O–H groups in total. The number of piperidine rings is 1. The average molecular weight is 347 g/mol. The van der Waals surface area contributed by atoms with E-state index in [1.54, 1.807) is 24.0 Å². The van der Waals surface area contributed by atoms with Crippen molar-refractivity contribution in [1.82, 2.24) is 14.5 Å². The monoisotopic (exact) mass is 346 g/mol. The fourth-order valence-corrected chi connectivity index (χ4v) is 3.50. The van der Waals surface area contributed by atoms with E-state index in [-0.39, 0.29) is 0 Å². The molecule has 24 heavy (non-hydrogen) atoms. The number of esters is 1. The Balaban J connectivity index is 1.45. The van der Waals surface area contributed by atoms with Gasteiger partial charge in [0.05, 0.1) is 19.5 Å². The number of ether oxygens (including phenoxy) is 1. The highest BCUT2D eigenvalue weighted by molar-refractivity contribution is 6.30. The third-order valence-corrected chi connectivity index (χ3v) is 5.01. The van der Waals surface area contributed by atoms with E-state index in [0.717, 1.165) is 36.3 Å². The minimum atomic E-state index is -0.414. The Kier molecular flexibility index (Phi) is 3.92. The van der Waals surface area contributed by atoms with Gasteiger partial charge < -0.3 is 14.2 Å². The molecule has 4 rings (SSSR count). The molecule has 3 heterocycles. The van der Waals surface area contributed by atoms with Gasteiger partial charge in [-0.1, -0.05) is 17.7 Å². The molecule has 2 aromatic heterocycles. The number of imidazole rings is 1. The highest BCUT2D eigenvalue weighted by Crippen LogP contribution is 2.46. The fraction of sp³-hybridized carbons (Fsp3) is 0.471. The van der Waals surface area contributed by atoms with E-state index < -0.39 is 5.97 Å². The number of aromatic nitrogens is 3. The zero-order valence-electron chi connectivity index (χ0n) is 13.5. The summed E-state index contributed by atoms with van der Waals surface area (Å²) in [4.78, 5) is 22.6. The Hall–Kier alpha value is -2.08. The number of hydrogen-bond donors (Lipinski definition) is 0. The molecular weight excluding hydrogens is 328 g/mol. The number of carbonyl (C=O) groups excluding carboxylic acids is 1. The van der Waals surface area contributed by atoms with Gasteiger partial charge in [0, 0.05) is 24.8 Å². The zero-order chi connectivity index (χ0) is 16.7. The first-order valence-corrected chi connectivity index (χ1v) is 8.61. The van der Waals surface area contributed by atoms with Crippen molar-refractivity contribution in [2.75, 3.05) is 24.6 Å². The van der Waals surface area contributed by atoms with Gasteiger partial charge in [-0.15, -0.1) is 0 Å². The second-order valence-electron chi connectivity index (χ2n) is 6.43. The van der Waals surface area contributed by atoms with Crippen LogP contribution in [0.15, 0.2) is 24.7 Å². The molecule has 7 heteroatoms. The van der Waals surface area contributed by atoms with Gasteiger partial charge in [-0.2, -0.15) is 0 Å². The van der Waals surface area contributed by atoms with Gasteiger partial charge in [0.25, 0.3) is 0 Å². The molecule has 0 aromatic carbocycles. The lowest BCUT2D eigenvalue weighted by molar-refractivity contribution is 0.0520. The molecule has 0 radical (unpaired) electrons. The molecule has 0 spiro atoms. The molecule has 1 aliphatic heterocycles. The molecular formula is C17H19ClN4O2. The number of fused-ring (bicyclic) bond motifs is 1. The second-order valence-corrected chi connectivity index (χ2v) is 6.79. The Morgan fingerprint density at radius 3 is 2.88 bits per heavy atom. The lowest BCUT2D eigenvalue weighted by Gasteiger charge is -2.19. The van der Waals surface area contributed by atoms with Crippen molar-refractivity contribution in [3.05, 3.63) is 41.1 Å². The first-order valence-electron chi connectivity index (χ1n) is 8.23. The van der Waals surface area contributed by atoms with Crippen LogP contribution in [0.2, 0.25) is 5.15 Å². The summed E-state index contributed by atoms with van der Waals surface area (Å²) in [6.07, 6.45) is 4.63. The van der Waals surface area contributed by atoms with E-state index in [4.69, 9.17) is 16.3 Å². The molecule has 2 unspecified atom stereocenters. The molecule has 1 saturated carbocycles. The Morgan fingerprint density at radius 2 is 2.17 bits per heavy atom. The number of hydrogen-bond acceptors (Lipinski definition) is 5. The van der Waals surface area contributed by atoms with E-state index in [9.17, 15) is 4.79 Å². The molecule has 0 bridgehead atoms. The third kappa shape index (κ3) is 2.98. The maximum Gasteiger partial charge on any atom is 0.358 e. The van der Waals surface area contributed by atoms with Gasteiger partial charge in [-0.05, 0) is 31.2 Å². The number of rotatable bonds is 5. The van der Waals surface area contributed by atoms with Crippen LogP contribution in [0.5, 0.6) is 0 Å². The highest BCUT2D eigenvalue weighted by Gasteiger charge is 2.45. The number of carbonyl (C=O) groups is 1. The molecule has 0 amide bonds. The molecule has 126 valence electrons. The fourth-order valence-electron chi connectivity index (χ4n) is 3.29. The maximum atomic E-state index is 11.7. The van der Waals surface area contributed by atoms with Crippen LogP contribution in [0, 0.1) is 11.8 Å². The van der Waals surface area contributed by atoms with Crippen molar-refractivity contribution < 1.29 is 9.53 Å². The Labute approximate surface area is 145 Å². The molecule has 2 fully saturated rings. The molecule has 6 nitrogen and oxygen atoms in total. The van der Waals surface area contributed by atoms with Crippen LogP contribution in [0.1, 0.15) is 29.4 Å². The number of nitrogens with zero attached hydrogens (tertiary/aromatic N) is 4. The van der Waals surface area contributed by atoms with Crippen molar-refractivity contribution in [3.63, 3.8) is 0 Å². The van der Waals surface area contributed by atoms with Gasteiger partial charge >= 0.3 is 5.97 Å². The van der Waals surface area contributed by atoms with E-state index in [1.807, 2.05) is 12.1 Å². The first-order chi connectivity index (χ1) is 11.6. The molecule has 1 saturated heterocycles. The molecule has 2 aliphatic rings. The van der Waals surface area contributed by atoms with Gasteiger partial charge in [-0.25, -0.2) is 14.8 Å². The topological polar surface area (TPSA) is 60.2 Å². The second kappa shape index (κ2) is 6.09. The summed E-state index contributed by atoms with van der Waals surface area (Å²) in [7, 11) is 0. The number of anilines is 1. The largest absolute Gasteiger partial charge is 0.461 e. The van der Waals surface area contributed by atoms with E-state index in [1.165, 1.54) is 6.42 Å². The van der Waals surface area contributed by atoms with E-state index in [2.05, 4.69) is 14.9 Å². The third-order valence-electron chi connectivity index (χ3n) is 4.68. The van der Waals surface area contributed by atoms with Gasteiger partial charge in [0.15, 0.2) is 5.69 Å². The van der Waals surface area contributed by atoms with Crippen LogP contribution in [-0.4, -0.2) is 40.2 Å². The summed E-state index contributed by atoms with van der Waals surface area (Å²) >= 11 is 6.36. The lowest BCUT2D eigenvalue weighted by Crippen LogP contribution is -2.23. The minimum absolute atomic E-state index is 0.300. The number of pyridine rings is 1. The molecule has 2 atom stereocenters. The number of halogens is 1. The SMILES string of the molecule is CCOC(=O)c1cn(Cc2ccc(N3CC4CC4C3)nc2Cl)cn1. The summed E-state index contributed by atoms with van der Waals surface area (Å²) in [6.45, 7) is 4.81. The Bertz CT molecular complexity index is 766. The summed E-state index contributed by atoms with van der Waals surface area (Å²) < 4.78 is 6.75. The highest BCUT2D eigenvalue weighted by atomic mass is 35.5. The van der Waals surface area contributed by atoms with Crippen molar-refractivity contribution in [3.8, 4) is 0 Å². The quantitative estimate of drug-likeness (QED) is 0.615. The standard InChI is InChI=1S/C17H19ClN4O2/c1-2-24-17(23)14-9-21(10-19-14)6-11-3-4-15(20-16(11)18)22-7-12-5-13(12)8-22/h3-4,9-10,12-13H,2,5-8H2,1H3. The smallest absolute Gasteiger partial charge is 0.358 e. The van der Waals surface area contributed by atoms with Crippen molar-refractivity contribution in [1.29, 1.82) is 0 Å². The molecule has 1 aliphatic carbocycles. The molecule has 2 aromatic rings. The van der Waals surface area contributed by atoms with Crippen LogP contribution in [0.25, 0.3) is 0 Å². The van der Waals surface area contributed by atoms with Gasteiger partial charge in [0.1, 0.15) is 11.0 Å². The van der Waals surface area contributed by atoms with Crippen molar-refractivity contribution in [2.24, 2.45) is 11.8 Å². The van der Waals surface area contributed by atoms with Crippen LogP contribution in [0.3, 0.4) is 0 Å². The Morgan fingerprint density at radius 1 is 1.38 bits per heavy atom. The summed E-state index contributed by atoms with van der Waals surface area (Å²) in [5, 5.41) is 0.499. The average Bonchev–Trinajstić information content (AvgIpc) is 2.98. The summed E-state index contributed by atoms with van der Waals surface area (Å²) in [5.41, 5.74) is 1.20. The zero-order valence-corrected chi connectivity index (χ0v) is 14.2. The van der Waals surface area contributed by atoms with Crippen molar-refractivity contribution in [2.45, 2.75) is 19.9 Å². The maximum absolute atomic E-state index is 11.7. The van der Waals surface area contributed by atoms with Crippen LogP contribution in [0.4, 0.5) is 5.82 Å². The van der Waals surface area contributed by atoms with E-state index in [0.29, 0.717) is 24.0 Å².